The molecule has 20 heavy (non-hydrogen) atoms. The zero-order valence-corrected chi connectivity index (χ0v) is 12.4. The van der Waals surface area contributed by atoms with Crippen LogP contribution in [0.4, 0.5) is 5.69 Å². The topological polar surface area (TPSA) is 58.8 Å². The van der Waals surface area contributed by atoms with Crippen molar-refractivity contribution in [2.24, 2.45) is 0 Å². The lowest BCUT2D eigenvalue weighted by atomic mass is 10.0. The van der Waals surface area contributed by atoms with Gasteiger partial charge in [0, 0.05) is 24.8 Å². The van der Waals surface area contributed by atoms with Gasteiger partial charge in [0.2, 0.25) is 0 Å². The molecule has 1 aliphatic heterocycles. The van der Waals surface area contributed by atoms with E-state index in [0.29, 0.717) is 23.0 Å². The van der Waals surface area contributed by atoms with E-state index >= 15 is 0 Å². The summed E-state index contributed by atoms with van der Waals surface area (Å²) in [6.07, 6.45) is 2.02. The third-order valence-electron chi connectivity index (χ3n) is 4.05. The molecular weight excluding hydrogens is 254 g/mol. The first-order valence-electron chi connectivity index (χ1n) is 6.92. The molecule has 1 aromatic rings. The van der Waals surface area contributed by atoms with Crippen LogP contribution in [0.5, 0.6) is 5.75 Å². The maximum atomic E-state index is 12.5. The van der Waals surface area contributed by atoms with Crippen molar-refractivity contribution >= 4 is 11.6 Å². The normalized spacial score (nSPS) is 16.9. The van der Waals surface area contributed by atoms with Gasteiger partial charge in [-0.2, -0.15) is 0 Å². The fraction of sp³-hybridized carbons (Fsp3) is 0.533. The van der Waals surface area contributed by atoms with Crippen LogP contribution in [0, 0.1) is 0 Å². The fourth-order valence-corrected chi connectivity index (χ4v) is 2.60. The molecule has 1 fully saturated rings. The van der Waals surface area contributed by atoms with E-state index in [0.717, 1.165) is 25.9 Å². The summed E-state index contributed by atoms with van der Waals surface area (Å²) in [5.41, 5.74) is 6.97. The van der Waals surface area contributed by atoms with Crippen LogP contribution in [-0.2, 0) is 0 Å². The number of carbonyl (C=O) groups excluding carboxylic acids is 1. The van der Waals surface area contributed by atoms with Gasteiger partial charge in [0.15, 0.2) is 0 Å². The zero-order valence-electron chi connectivity index (χ0n) is 12.4. The highest BCUT2D eigenvalue weighted by Gasteiger charge is 2.25. The van der Waals surface area contributed by atoms with Crippen LogP contribution in [-0.4, -0.2) is 56.0 Å². The van der Waals surface area contributed by atoms with Gasteiger partial charge in [-0.15, -0.1) is 0 Å². The Morgan fingerprint density at radius 3 is 2.60 bits per heavy atom. The first-order chi connectivity index (χ1) is 9.52. The number of hydrogen-bond acceptors (Lipinski definition) is 4. The summed E-state index contributed by atoms with van der Waals surface area (Å²) in [4.78, 5) is 16.7. The van der Waals surface area contributed by atoms with Crippen molar-refractivity contribution in [2.45, 2.75) is 18.9 Å². The second-order valence-corrected chi connectivity index (χ2v) is 5.40. The maximum Gasteiger partial charge on any atom is 0.255 e. The summed E-state index contributed by atoms with van der Waals surface area (Å²) in [6.45, 7) is 2.06. The number of hydrogen-bond donors (Lipinski definition) is 1. The van der Waals surface area contributed by atoms with Crippen LogP contribution in [0.3, 0.4) is 0 Å². The van der Waals surface area contributed by atoms with Crippen molar-refractivity contribution in [3.63, 3.8) is 0 Å². The number of amides is 1. The Bertz CT molecular complexity index is 482. The monoisotopic (exact) mass is 277 g/mol. The number of nitrogens with two attached hydrogens (primary N) is 1. The van der Waals surface area contributed by atoms with Crippen LogP contribution in [0.25, 0.3) is 0 Å². The van der Waals surface area contributed by atoms with E-state index in [2.05, 4.69) is 11.9 Å². The van der Waals surface area contributed by atoms with Crippen molar-refractivity contribution in [3.8, 4) is 5.75 Å². The van der Waals surface area contributed by atoms with E-state index in [1.807, 2.05) is 11.9 Å². The van der Waals surface area contributed by atoms with Gasteiger partial charge >= 0.3 is 0 Å². The van der Waals surface area contributed by atoms with E-state index in [1.54, 1.807) is 25.3 Å². The Hall–Kier alpha value is -1.75. The van der Waals surface area contributed by atoms with E-state index in [9.17, 15) is 4.79 Å². The van der Waals surface area contributed by atoms with Crippen LogP contribution in [0.15, 0.2) is 18.2 Å². The smallest absolute Gasteiger partial charge is 0.255 e. The van der Waals surface area contributed by atoms with Gasteiger partial charge in [-0.1, -0.05) is 0 Å². The van der Waals surface area contributed by atoms with Crippen LogP contribution in [0.1, 0.15) is 23.2 Å². The highest BCUT2D eigenvalue weighted by molar-refractivity contribution is 5.99. The molecule has 5 nitrogen and oxygen atoms in total. The molecule has 0 aliphatic carbocycles. The van der Waals surface area contributed by atoms with Crippen LogP contribution >= 0.6 is 0 Å². The Balaban J connectivity index is 2.10. The van der Waals surface area contributed by atoms with Crippen LogP contribution in [0.2, 0.25) is 0 Å². The van der Waals surface area contributed by atoms with Crippen molar-refractivity contribution < 1.29 is 9.53 Å². The Labute approximate surface area is 120 Å². The molecule has 1 saturated heterocycles. The molecule has 5 heteroatoms. The summed E-state index contributed by atoms with van der Waals surface area (Å²) in [5, 5.41) is 0. The number of benzene rings is 1. The summed E-state index contributed by atoms with van der Waals surface area (Å²) in [6, 6.07) is 5.49. The molecule has 1 aliphatic rings. The SMILES string of the molecule is COc1ccc(C(=O)N(C)C2CCN(C)CC2)c(N)c1. The van der Waals surface area contributed by atoms with Gasteiger partial charge in [-0.25, -0.2) is 0 Å². The Kier molecular flexibility index (Phi) is 4.49. The molecule has 0 saturated carbocycles. The van der Waals surface area contributed by atoms with Gasteiger partial charge in [0.25, 0.3) is 5.91 Å². The minimum absolute atomic E-state index is 0.0142. The van der Waals surface area contributed by atoms with Crippen molar-refractivity contribution in [3.05, 3.63) is 23.8 Å². The van der Waals surface area contributed by atoms with E-state index in [1.165, 1.54) is 0 Å². The number of piperidine rings is 1. The standard InChI is InChI=1S/C15H23N3O2/c1-17-8-6-11(7-9-17)18(2)15(19)13-5-4-12(20-3)10-14(13)16/h4-5,10-11H,6-9,16H2,1-3H3. The predicted octanol–water partition coefficient (Wildman–Crippen LogP) is 1.44. The average molecular weight is 277 g/mol. The average Bonchev–Trinajstić information content (AvgIpc) is 2.46. The Morgan fingerprint density at radius 1 is 1.40 bits per heavy atom. The lowest BCUT2D eigenvalue weighted by molar-refractivity contribution is 0.0660. The van der Waals surface area contributed by atoms with Crippen molar-refractivity contribution in [2.75, 3.05) is 40.0 Å². The minimum atomic E-state index is -0.0142. The third-order valence-corrected chi connectivity index (χ3v) is 4.05. The zero-order chi connectivity index (χ0) is 14.7. The third kappa shape index (κ3) is 3.04. The lowest BCUT2D eigenvalue weighted by Crippen LogP contribution is -2.44. The maximum absolute atomic E-state index is 12.5. The molecule has 0 spiro atoms. The molecule has 0 unspecified atom stereocenters. The molecule has 1 aromatic carbocycles. The molecular formula is C15H23N3O2. The Morgan fingerprint density at radius 2 is 2.05 bits per heavy atom. The van der Waals surface area contributed by atoms with Crippen molar-refractivity contribution in [1.29, 1.82) is 0 Å². The highest BCUT2D eigenvalue weighted by atomic mass is 16.5. The second-order valence-electron chi connectivity index (χ2n) is 5.40. The number of carbonyl (C=O) groups is 1. The molecule has 1 heterocycles. The van der Waals surface area contributed by atoms with Crippen molar-refractivity contribution in [1.82, 2.24) is 9.80 Å². The van der Waals surface area contributed by atoms with Gasteiger partial charge in [0.1, 0.15) is 5.75 Å². The van der Waals surface area contributed by atoms with E-state index in [-0.39, 0.29) is 5.91 Å². The second kappa shape index (κ2) is 6.13. The molecule has 110 valence electrons. The quantitative estimate of drug-likeness (QED) is 0.849. The number of likely N-dealkylation sites (tertiary alicyclic amines) is 1. The van der Waals surface area contributed by atoms with Gasteiger partial charge in [0.05, 0.1) is 12.7 Å². The number of nitrogens with zero attached hydrogens (tertiary/aromatic N) is 2. The predicted molar refractivity (Wildman–Crippen MR) is 80.0 cm³/mol. The molecule has 0 atom stereocenters. The number of rotatable bonds is 3. The molecule has 1 amide bonds. The minimum Gasteiger partial charge on any atom is -0.497 e. The number of methoxy groups -OCH3 is 1. The summed E-state index contributed by atoms with van der Waals surface area (Å²) in [7, 11) is 5.56. The molecule has 2 N–H and O–H groups in total. The molecule has 2 rings (SSSR count). The summed E-state index contributed by atoms with van der Waals surface area (Å²) in [5.74, 6) is 0.653. The largest absolute Gasteiger partial charge is 0.497 e. The fourth-order valence-electron chi connectivity index (χ4n) is 2.60. The molecule has 0 aromatic heterocycles. The van der Waals surface area contributed by atoms with Gasteiger partial charge in [-0.05, 0) is 45.1 Å². The number of nitrogen functional groups attached to an aromatic ring is 1. The van der Waals surface area contributed by atoms with Crippen LogP contribution < -0.4 is 10.5 Å². The number of ether oxygens (including phenoxy) is 1. The summed E-state index contributed by atoms with van der Waals surface area (Å²) < 4.78 is 5.11. The molecule has 0 radical (unpaired) electrons. The first-order valence-corrected chi connectivity index (χ1v) is 6.92. The summed E-state index contributed by atoms with van der Waals surface area (Å²) >= 11 is 0. The van der Waals surface area contributed by atoms with Gasteiger partial charge < -0.3 is 20.3 Å². The highest BCUT2D eigenvalue weighted by Crippen LogP contribution is 2.23. The van der Waals surface area contributed by atoms with Gasteiger partial charge in [-0.3, -0.25) is 4.79 Å². The number of anilines is 1. The first kappa shape index (κ1) is 14.7. The molecule has 0 bridgehead atoms. The lowest BCUT2D eigenvalue weighted by Gasteiger charge is -2.35. The van der Waals surface area contributed by atoms with E-state index in [4.69, 9.17) is 10.5 Å². The van der Waals surface area contributed by atoms with E-state index < -0.39 is 0 Å².